The number of halogens is 3. The lowest BCUT2D eigenvalue weighted by Crippen LogP contribution is -2.60. The molecular formula is C30H31F3N6O5. The van der Waals surface area contributed by atoms with Gasteiger partial charge in [0.05, 0.1) is 12.6 Å². The van der Waals surface area contributed by atoms with Crippen molar-refractivity contribution in [1.82, 2.24) is 29.7 Å². The number of carboxylic acid groups (broad SMARTS) is 1. The lowest BCUT2D eigenvalue weighted by Gasteiger charge is -2.46. The summed E-state index contributed by atoms with van der Waals surface area (Å²) in [6.45, 7) is 8.96. The molecule has 2 aromatic carbocycles. The summed E-state index contributed by atoms with van der Waals surface area (Å²) >= 11 is 0. The number of rotatable bonds is 6. The topological polar surface area (TPSA) is 127 Å². The van der Waals surface area contributed by atoms with Gasteiger partial charge in [0.25, 0.3) is 11.8 Å². The Kier molecular flexibility index (Phi) is 8.10. The third kappa shape index (κ3) is 6.84. The van der Waals surface area contributed by atoms with Crippen molar-refractivity contribution in [2.75, 3.05) is 19.6 Å². The maximum atomic E-state index is 13.5. The number of carbonyl (C=O) groups excluding carboxylic acids is 1. The molecule has 5 rings (SSSR count). The number of benzene rings is 2. The first-order valence-corrected chi connectivity index (χ1v) is 13.8. The molecule has 0 spiro atoms. The Labute approximate surface area is 250 Å². The SMILES string of the molecule is Cc1cc(-c2nc(-c3ccc(OC(F)(F)F)cc3)no2)nn1Cc1cccc(C(=O)N2CCN(C(=O)O)C(C(C)(C)C)C2)c1. The van der Waals surface area contributed by atoms with Crippen molar-refractivity contribution in [2.24, 2.45) is 5.41 Å². The Hall–Kier alpha value is -4.88. The fraction of sp³-hybridized carbons (Fsp3) is 0.367. The van der Waals surface area contributed by atoms with Crippen molar-refractivity contribution >= 4 is 12.0 Å². The van der Waals surface area contributed by atoms with Crippen LogP contribution in [0.2, 0.25) is 0 Å². The van der Waals surface area contributed by atoms with E-state index in [-0.39, 0.29) is 41.4 Å². The van der Waals surface area contributed by atoms with Gasteiger partial charge >= 0.3 is 12.5 Å². The molecule has 1 N–H and O–H groups in total. The van der Waals surface area contributed by atoms with Crippen LogP contribution in [0.4, 0.5) is 18.0 Å². The average Bonchev–Trinajstić information content (AvgIpc) is 3.59. The molecule has 1 aliphatic rings. The summed E-state index contributed by atoms with van der Waals surface area (Å²) in [5, 5.41) is 18.2. The van der Waals surface area contributed by atoms with Gasteiger partial charge in [0, 0.05) is 36.5 Å². The van der Waals surface area contributed by atoms with Crippen LogP contribution in [0.3, 0.4) is 0 Å². The van der Waals surface area contributed by atoms with Gasteiger partial charge < -0.3 is 24.2 Å². The molecule has 2 amide bonds. The fourth-order valence-electron chi connectivity index (χ4n) is 5.12. The van der Waals surface area contributed by atoms with E-state index in [0.29, 0.717) is 36.5 Å². The maximum absolute atomic E-state index is 13.5. The van der Waals surface area contributed by atoms with Gasteiger partial charge in [0.2, 0.25) is 5.82 Å². The van der Waals surface area contributed by atoms with E-state index in [0.717, 1.165) is 23.4 Å². The van der Waals surface area contributed by atoms with Gasteiger partial charge in [-0.15, -0.1) is 13.2 Å². The van der Waals surface area contributed by atoms with Gasteiger partial charge in [-0.3, -0.25) is 9.48 Å². The first-order valence-electron chi connectivity index (χ1n) is 13.8. The summed E-state index contributed by atoms with van der Waals surface area (Å²) in [6, 6.07) is 13.8. The molecule has 0 bridgehead atoms. The normalized spacial score (nSPS) is 15.8. The molecule has 1 aliphatic heterocycles. The number of nitrogens with zero attached hydrogens (tertiary/aromatic N) is 6. The number of aromatic nitrogens is 4. The third-order valence-electron chi connectivity index (χ3n) is 7.39. The summed E-state index contributed by atoms with van der Waals surface area (Å²) in [7, 11) is 0. The van der Waals surface area contributed by atoms with Crippen molar-refractivity contribution < 1.29 is 37.1 Å². The van der Waals surface area contributed by atoms with Crippen LogP contribution in [0, 0.1) is 12.3 Å². The van der Waals surface area contributed by atoms with Crippen molar-refractivity contribution in [3.8, 4) is 28.7 Å². The quantitative estimate of drug-likeness (QED) is 0.294. The van der Waals surface area contributed by atoms with Crippen LogP contribution >= 0.6 is 0 Å². The zero-order valence-electron chi connectivity index (χ0n) is 24.5. The van der Waals surface area contributed by atoms with Crippen molar-refractivity contribution in [3.63, 3.8) is 0 Å². The summed E-state index contributed by atoms with van der Waals surface area (Å²) in [5.74, 6) is -0.217. The average molecular weight is 613 g/mol. The summed E-state index contributed by atoms with van der Waals surface area (Å²) < 4.78 is 48.3. The Balaban J connectivity index is 1.28. The van der Waals surface area contributed by atoms with Crippen LogP contribution in [0.5, 0.6) is 5.75 Å². The second-order valence-electron chi connectivity index (χ2n) is 11.6. The third-order valence-corrected chi connectivity index (χ3v) is 7.39. The minimum Gasteiger partial charge on any atom is -0.465 e. The number of amides is 2. The van der Waals surface area contributed by atoms with Crippen LogP contribution in [0.1, 0.15) is 42.4 Å². The molecule has 1 saturated heterocycles. The Morgan fingerprint density at radius 2 is 1.80 bits per heavy atom. The number of ether oxygens (including phenoxy) is 1. The van der Waals surface area contributed by atoms with Gasteiger partial charge in [-0.25, -0.2) is 4.79 Å². The smallest absolute Gasteiger partial charge is 0.465 e. The van der Waals surface area contributed by atoms with Crippen LogP contribution in [0.25, 0.3) is 23.0 Å². The molecule has 1 unspecified atom stereocenters. The molecule has 232 valence electrons. The predicted molar refractivity (Wildman–Crippen MR) is 152 cm³/mol. The Bertz CT molecular complexity index is 1660. The fourth-order valence-corrected chi connectivity index (χ4v) is 5.12. The molecule has 4 aromatic rings. The molecule has 0 saturated carbocycles. The highest BCUT2D eigenvalue weighted by atomic mass is 19.4. The van der Waals surface area contributed by atoms with E-state index >= 15 is 0 Å². The number of piperazine rings is 1. The second kappa shape index (κ2) is 11.7. The summed E-state index contributed by atoms with van der Waals surface area (Å²) in [4.78, 5) is 32.7. The van der Waals surface area contributed by atoms with Gasteiger partial charge in [-0.05, 0) is 60.4 Å². The summed E-state index contributed by atoms with van der Waals surface area (Å²) in [5.41, 5.74) is 2.63. The van der Waals surface area contributed by atoms with E-state index in [9.17, 15) is 27.9 Å². The second-order valence-corrected chi connectivity index (χ2v) is 11.6. The van der Waals surface area contributed by atoms with Gasteiger partial charge in [-0.2, -0.15) is 10.1 Å². The first-order chi connectivity index (χ1) is 20.7. The van der Waals surface area contributed by atoms with E-state index in [4.69, 9.17) is 4.52 Å². The minimum atomic E-state index is -4.79. The monoisotopic (exact) mass is 612 g/mol. The van der Waals surface area contributed by atoms with Gasteiger partial charge in [-0.1, -0.05) is 38.1 Å². The molecular weight excluding hydrogens is 581 g/mol. The van der Waals surface area contributed by atoms with Crippen molar-refractivity contribution in [2.45, 2.75) is 46.6 Å². The lowest BCUT2D eigenvalue weighted by atomic mass is 9.84. The number of alkyl halides is 3. The molecule has 44 heavy (non-hydrogen) atoms. The number of hydrogen-bond acceptors (Lipinski definition) is 7. The van der Waals surface area contributed by atoms with E-state index in [1.807, 2.05) is 33.8 Å². The predicted octanol–water partition coefficient (Wildman–Crippen LogP) is 5.71. The molecule has 14 heteroatoms. The Morgan fingerprint density at radius 1 is 1.07 bits per heavy atom. The highest BCUT2D eigenvalue weighted by molar-refractivity contribution is 5.94. The molecule has 0 radical (unpaired) electrons. The maximum Gasteiger partial charge on any atom is 0.573 e. The molecule has 0 aliphatic carbocycles. The van der Waals surface area contributed by atoms with Gasteiger partial charge in [0.1, 0.15) is 5.75 Å². The molecule has 11 nitrogen and oxygen atoms in total. The zero-order chi connectivity index (χ0) is 31.8. The minimum absolute atomic E-state index is 0.135. The molecule has 1 atom stereocenters. The van der Waals surface area contributed by atoms with Crippen LogP contribution in [-0.2, 0) is 6.54 Å². The van der Waals surface area contributed by atoms with E-state index in [1.54, 1.807) is 33.8 Å². The van der Waals surface area contributed by atoms with E-state index < -0.39 is 12.5 Å². The van der Waals surface area contributed by atoms with Gasteiger partial charge in [0.15, 0.2) is 5.69 Å². The molecule has 3 heterocycles. The number of hydrogen-bond donors (Lipinski definition) is 1. The standard InChI is InChI=1S/C30H31F3N6O5/c1-18-14-23(26-34-25(36-44-26)20-8-10-22(11-9-20)43-30(31,32)33)35-39(18)16-19-6-5-7-21(15-19)27(40)37-12-13-38(28(41)42)24(17-37)29(2,3)4/h5-11,14-15,24H,12-13,16-17H2,1-4H3,(H,41,42). The van der Waals surface area contributed by atoms with E-state index in [1.165, 1.54) is 17.0 Å². The highest BCUT2D eigenvalue weighted by Gasteiger charge is 2.39. The zero-order valence-corrected chi connectivity index (χ0v) is 24.5. The molecule has 1 fully saturated rings. The largest absolute Gasteiger partial charge is 0.573 e. The summed E-state index contributed by atoms with van der Waals surface area (Å²) in [6.07, 6.45) is -5.78. The highest BCUT2D eigenvalue weighted by Crippen LogP contribution is 2.29. The van der Waals surface area contributed by atoms with Crippen molar-refractivity contribution in [1.29, 1.82) is 0 Å². The van der Waals surface area contributed by atoms with Crippen LogP contribution in [0.15, 0.2) is 59.1 Å². The Morgan fingerprint density at radius 3 is 2.45 bits per heavy atom. The van der Waals surface area contributed by atoms with Crippen LogP contribution < -0.4 is 4.74 Å². The van der Waals surface area contributed by atoms with Crippen LogP contribution in [-0.4, -0.2) is 78.9 Å². The number of carbonyl (C=O) groups is 2. The number of aryl methyl sites for hydroxylation is 1. The van der Waals surface area contributed by atoms with Crippen molar-refractivity contribution in [3.05, 3.63) is 71.4 Å². The first kappa shape index (κ1) is 30.6. The lowest BCUT2D eigenvalue weighted by molar-refractivity contribution is -0.274. The van der Waals surface area contributed by atoms with E-state index in [2.05, 4.69) is 20.0 Å². The molecule has 2 aromatic heterocycles.